The van der Waals surface area contributed by atoms with Crippen molar-refractivity contribution in [1.82, 2.24) is 10.2 Å². The molecule has 22 heteroatoms. The first kappa shape index (κ1) is 58.1. The number of piperidine rings is 1. The molecule has 2 heterocycles. The van der Waals surface area contributed by atoms with Gasteiger partial charge in [-0.3, -0.25) is 34.2 Å². The largest absolute Gasteiger partial charge is 0.379 e. The molecule has 21 nitrogen and oxygen atoms in total. The van der Waals surface area contributed by atoms with Gasteiger partial charge in [-0.05, 0) is 31.4 Å². The lowest BCUT2D eigenvalue weighted by molar-refractivity contribution is -0.136. The van der Waals surface area contributed by atoms with Crippen LogP contribution in [0.5, 0.6) is 0 Å². The van der Waals surface area contributed by atoms with Crippen LogP contribution >= 0.6 is 11.6 Å². The number of halogens is 1. The number of nitrogens with zero attached hydrogens (tertiary/aromatic N) is 1. The molecule has 0 bridgehead atoms. The van der Waals surface area contributed by atoms with Crippen LogP contribution in [0.15, 0.2) is 18.2 Å². The highest BCUT2D eigenvalue weighted by Gasteiger charge is 2.45. The van der Waals surface area contributed by atoms with Crippen LogP contribution in [0.2, 0.25) is 0 Å². The van der Waals surface area contributed by atoms with E-state index in [9.17, 15) is 24.0 Å². The number of anilines is 1. The van der Waals surface area contributed by atoms with E-state index in [0.29, 0.717) is 184 Å². The molecule has 1 saturated heterocycles. The van der Waals surface area contributed by atoms with Crippen LogP contribution < -0.4 is 10.6 Å². The minimum absolute atomic E-state index is 0.0255. The molecule has 1 aromatic carbocycles. The minimum atomic E-state index is -1.08. The molecule has 67 heavy (non-hydrogen) atoms. The monoisotopic (exact) mass is 977 g/mol. The van der Waals surface area contributed by atoms with Gasteiger partial charge in [-0.15, -0.1) is 11.6 Å². The molecule has 0 aliphatic carbocycles. The number of imide groups is 2. The van der Waals surface area contributed by atoms with E-state index in [1.165, 1.54) is 6.07 Å². The molecule has 1 atom stereocenters. The first-order valence-corrected chi connectivity index (χ1v) is 23.7. The predicted molar refractivity (Wildman–Crippen MR) is 242 cm³/mol. The van der Waals surface area contributed by atoms with Crippen molar-refractivity contribution in [2.45, 2.75) is 44.6 Å². The van der Waals surface area contributed by atoms with Crippen molar-refractivity contribution >= 4 is 46.8 Å². The summed E-state index contributed by atoms with van der Waals surface area (Å²) in [5, 5.41) is 4.91. The number of nitrogens with one attached hydrogen (secondary N) is 2. The lowest BCUT2D eigenvalue weighted by atomic mass is 10.0. The number of hydrogen-bond donors (Lipinski definition) is 2. The Hall–Kier alpha value is -3.26. The van der Waals surface area contributed by atoms with Gasteiger partial charge in [0.25, 0.3) is 11.8 Å². The van der Waals surface area contributed by atoms with Crippen LogP contribution in [0.3, 0.4) is 0 Å². The molecule has 1 unspecified atom stereocenters. The third-order valence-corrected chi connectivity index (χ3v) is 9.77. The van der Waals surface area contributed by atoms with Crippen molar-refractivity contribution in [3.8, 4) is 0 Å². The van der Waals surface area contributed by atoms with Gasteiger partial charge in [0.15, 0.2) is 0 Å². The Bertz CT molecular complexity index is 1510. The number of unbranched alkanes of at least 4 members (excludes halogenated alkanes) is 2. The zero-order valence-electron chi connectivity index (χ0n) is 38.8. The zero-order chi connectivity index (χ0) is 47.8. The number of alkyl halides is 1. The van der Waals surface area contributed by atoms with E-state index in [2.05, 4.69) is 10.6 Å². The van der Waals surface area contributed by atoms with Gasteiger partial charge in [0.1, 0.15) is 6.04 Å². The summed E-state index contributed by atoms with van der Waals surface area (Å²) in [6.07, 6.45) is 2.43. The maximum Gasteiger partial charge on any atom is 0.264 e. The number of ether oxygens (including phenoxy) is 13. The van der Waals surface area contributed by atoms with Crippen molar-refractivity contribution in [3.05, 3.63) is 29.3 Å². The van der Waals surface area contributed by atoms with Gasteiger partial charge in [-0.2, -0.15) is 0 Å². The molecule has 0 saturated carbocycles. The number of carbonyl (C=O) groups excluding carboxylic acids is 5. The fourth-order valence-electron chi connectivity index (χ4n) is 6.29. The van der Waals surface area contributed by atoms with E-state index in [1.54, 1.807) is 12.1 Å². The summed E-state index contributed by atoms with van der Waals surface area (Å²) in [6, 6.07) is 3.52. The normalized spacial score (nSPS) is 14.9. The number of benzene rings is 1. The van der Waals surface area contributed by atoms with Crippen LogP contribution in [0, 0.1) is 0 Å². The van der Waals surface area contributed by atoms with Crippen LogP contribution in [0.25, 0.3) is 0 Å². The van der Waals surface area contributed by atoms with Gasteiger partial charge in [0.05, 0.1) is 182 Å². The van der Waals surface area contributed by atoms with Gasteiger partial charge in [-0.1, -0.05) is 12.5 Å². The van der Waals surface area contributed by atoms with E-state index in [1.807, 2.05) is 0 Å². The Labute approximate surface area is 398 Å². The standard InChI is InChI=1S/C45H72ClN3O18/c46-10-12-56-14-16-58-18-20-60-22-24-62-26-28-64-30-32-66-34-36-67-35-33-65-31-29-63-27-25-61-23-21-59-19-17-57-15-13-55-11-3-1-2-7-40(50)47-38-6-4-5-37-42(38)45(54)49(44(37)53)39-8-9-41(51)48-43(39)52/h4-6,39H,1-3,7-36H2,(H,47,50)(H,48,51,52). The van der Waals surface area contributed by atoms with E-state index in [0.717, 1.165) is 17.7 Å². The van der Waals surface area contributed by atoms with Crippen molar-refractivity contribution in [3.63, 3.8) is 0 Å². The summed E-state index contributed by atoms with van der Waals surface area (Å²) in [5.41, 5.74) is 0.374. The highest BCUT2D eigenvalue weighted by molar-refractivity contribution is 6.26. The highest BCUT2D eigenvalue weighted by Crippen LogP contribution is 2.32. The van der Waals surface area contributed by atoms with Crippen molar-refractivity contribution in [2.24, 2.45) is 0 Å². The van der Waals surface area contributed by atoms with Gasteiger partial charge >= 0.3 is 0 Å². The maximum atomic E-state index is 13.2. The molecule has 2 N–H and O–H groups in total. The quantitative estimate of drug-likeness (QED) is 0.0541. The fraction of sp³-hybridized carbons (Fsp3) is 0.756. The average Bonchev–Trinajstić information content (AvgIpc) is 3.57. The van der Waals surface area contributed by atoms with Gasteiger partial charge in [-0.25, -0.2) is 0 Å². The summed E-state index contributed by atoms with van der Waals surface area (Å²) in [7, 11) is 0. The SMILES string of the molecule is O=C1CCC(N2C(=O)c3cccc(NC(=O)CCCCCOCCOCCOCCOCCOCCOCCOCCOCCOCCOCCOCCOCCOCCCl)c3C2=O)C(=O)N1. The molecule has 0 radical (unpaired) electrons. The van der Waals surface area contributed by atoms with Crippen molar-refractivity contribution < 1.29 is 85.6 Å². The Morgan fingerprint density at radius 1 is 0.522 bits per heavy atom. The Balaban J connectivity index is 0.960. The molecule has 382 valence electrons. The van der Waals surface area contributed by atoms with Crippen LogP contribution in [0.1, 0.15) is 59.2 Å². The minimum Gasteiger partial charge on any atom is -0.379 e. The number of rotatable bonds is 46. The van der Waals surface area contributed by atoms with E-state index >= 15 is 0 Å². The smallest absolute Gasteiger partial charge is 0.264 e. The first-order chi connectivity index (χ1) is 32.9. The Kier molecular flexibility index (Phi) is 34.3. The molecule has 2 aliphatic heterocycles. The molecule has 3 rings (SSSR count). The summed E-state index contributed by atoms with van der Waals surface area (Å²) in [5.74, 6) is -2.24. The Morgan fingerprint density at radius 3 is 1.30 bits per heavy atom. The molecular formula is C45H72ClN3O18. The fourth-order valence-corrected chi connectivity index (χ4v) is 6.40. The Morgan fingerprint density at radius 2 is 0.910 bits per heavy atom. The maximum absolute atomic E-state index is 13.2. The molecule has 1 fully saturated rings. The van der Waals surface area contributed by atoms with Crippen LogP contribution in [-0.4, -0.2) is 218 Å². The summed E-state index contributed by atoms with van der Waals surface area (Å²) >= 11 is 5.52. The third-order valence-electron chi connectivity index (χ3n) is 9.62. The number of hydrogen-bond acceptors (Lipinski definition) is 18. The average molecular weight is 979 g/mol. The molecule has 0 spiro atoms. The van der Waals surface area contributed by atoms with Crippen molar-refractivity contribution in [1.29, 1.82) is 0 Å². The van der Waals surface area contributed by atoms with Gasteiger partial charge in [0, 0.05) is 25.3 Å². The zero-order valence-corrected chi connectivity index (χ0v) is 39.6. The number of fused-ring (bicyclic) bond motifs is 1. The van der Waals surface area contributed by atoms with E-state index < -0.39 is 29.7 Å². The third kappa shape index (κ3) is 26.9. The summed E-state index contributed by atoms with van der Waals surface area (Å²) in [4.78, 5) is 63.6. The first-order valence-electron chi connectivity index (χ1n) is 23.1. The number of carbonyl (C=O) groups is 5. The van der Waals surface area contributed by atoms with E-state index in [-0.39, 0.29) is 42.0 Å². The van der Waals surface area contributed by atoms with Gasteiger partial charge < -0.3 is 66.9 Å². The molecular weight excluding hydrogens is 906 g/mol. The second-order valence-corrected chi connectivity index (χ2v) is 15.1. The second-order valence-electron chi connectivity index (χ2n) is 14.7. The van der Waals surface area contributed by atoms with Crippen LogP contribution in [0.4, 0.5) is 5.69 Å². The lowest BCUT2D eigenvalue weighted by Gasteiger charge is -2.27. The highest BCUT2D eigenvalue weighted by atomic mass is 35.5. The summed E-state index contributed by atoms with van der Waals surface area (Å²) < 4.78 is 71.1. The molecule has 5 amide bonds. The van der Waals surface area contributed by atoms with Gasteiger partial charge in [0.2, 0.25) is 17.7 Å². The van der Waals surface area contributed by atoms with Crippen molar-refractivity contribution in [2.75, 3.05) is 183 Å². The lowest BCUT2D eigenvalue weighted by Crippen LogP contribution is -2.54. The number of amides is 5. The molecule has 2 aliphatic rings. The topological polar surface area (TPSA) is 233 Å². The predicted octanol–water partition coefficient (Wildman–Crippen LogP) is 2.04. The molecule has 0 aromatic heterocycles. The second kappa shape index (κ2) is 39.6. The molecule has 1 aromatic rings. The van der Waals surface area contributed by atoms with Crippen LogP contribution in [-0.2, 0) is 76.0 Å². The summed E-state index contributed by atoms with van der Waals surface area (Å²) in [6.45, 7) is 12.6. The van der Waals surface area contributed by atoms with E-state index in [4.69, 9.17) is 73.2 Å².